The van der Waals surface area contributed by atoms with Gasteiger partial charge >= 0.3 is 11.9 Å². The summed E-state index contributed by atoms with van der Waals surface area (Å²) in [4.78, 5) is 40.9. The Kier molecular flexibility index (Phi) is 4.76. The molecule has 0 aromatic carbocycles. The number of hydrogen-bond donors (Lipinski definition) is 1. The molecule has 2 aromatic heterocycles. The van der Waals surface area contributed by atoms with Crippen molar-refractivity contribution in [3.63, 3.8) is 0 Å². The van der Waals surface area contributed by atoms with Crippen LogP contribution in [0.1, 0.15) is 35.0 Å². The van der Waals surface area contributed by atoms with E-state index in [4.69, 9.17) is 4.74 Å². The summed E-state index contributed by atoms with van der Waals surface area (Å²) in [5.41, 5.74) is 0.120. The van der Waals surface area contributed by atoms with Crippen molar-refractivity contribution in [2.75, 3.05) is 24.7 Å². The van der Waals surface area contributed by atoms with Crippen molar-refractivity contribution in [3.8, 4) is 0 Å². The minimum atomic E-state index is -1.06. The molecule has 3 heterocycles. The summed E-state index contributed by atoms with van der Waals surface area (Å²) < 4.78 is 6.47. The van der Waals surface area contributed by atoms with E-state index in [1.807, 2.05) is 0 Å². The third-order valence-electron chi connectivity index (χ3n) is 4.35. The molecule has 8 nitrogen and oxygen atoms in total. The maximum atomic E-state index is 12.9. The molecule has 1 aliphatic heterocycles. The summed E-state index contributed by atoms with van der Waals surface area (Å²) in [6.07, 6.45) is 2.89. The molecule has 1 N–H and O–H groups in total. The van der Waals surface area contributed by atoms with Gasteiger partial charge in [0.15, 0.2) is 0 Å². The van der Waals surface area contributed by atoms with Crippen molar-refractivity contribution in [2.24, 2.45) is 5.92 Å². The van der Waals surface area contributed by atoms with Gasteiger partial charge in [-0.1, -0.05) is 0 Å². The second-order valence-electron chi connectivity index (χ2n) is 5.94. The van der Waals surface area contributed by atoms with Crippen LogP contribution in [0.5, 0.6) is 0 Å². The van der Waals surface area contributed by atoms with Crippen LogP contribution in [0.2, 0.25) is 0 Å². The minimum Gasteiger partial charge on any atom is -0.477 e. The SMILES string of the molecule is CCOC(=O)C1CCCN(n2cnc3sc(C(=O)O)c(C)c3c2=O)C1. The van der Waals surface area contributed by atoms with E-state index in [2.05, 4.69) is 4.98 Å². The molecular formula is C16H19N3O5S. The predicted molar refractivity (Wildman–Crippen MR) is 92.9 cm³/mol. The van der Waals surface area contributed by atoms with Crippen LogP contribution in [0.4, 0.5) is 0 Å². The molecule has 134 valence electrons. The Morgan fingerprint density at radius 1 is 1.48 bits per heavy atom. The molecule has 2 aromatic rings. The van der Waals surface area contributed by atoms with E-state index in [0.717, 1.165) is 24.2 Å². The smallest absolute Gasteiger partial charge is 0.346 e. The Morgan fingerprint density at radius 2 is 2.24 bits per heavy atom. The normalized spacial score (nSPS) is 17.7. The van der Waals surface area contributed by atoms with Gasteiger partial charge in [0.2, 0.25) is 0 Å². The summed E-state index contributed by atoms with van der Waals surface area (Å²) in [7, 11) is 0. The van der Waals surface area contributed by atoms with Crippen molar-refractivity contribution in [1.29, 1.82) is 0 Å². The number of fused-ring (bicyclic) bond motifs is 1. The Hall–Kier alpha value is -2.42. The first-order chi connectivity index (χ1) is 11.9. The van der Waals surface area contributed by atoms with Gasteiger partial charge in [0.05, 0.1) is 17.9 Å². The van der Waals surface area contributed by atoms with Crippen LogP contribution in [-0.2, 0) is 9.53 Å². The third kappa shape index (κ3) is 3.11. The highest BCUT2D eigenvalue weighted by Crippen LogP contribution is 2.27. The van der Waals surface area contributed by atoms with E-state index in [1.165, 1.54) is 11.0 Å². The number of hydrogen-bond acceptors (Lipinski definition) is 7. The van der Waals surface area contributed by atoms with E-state index in [0.29, 0.717) is 35.5 Å². The fraction of sp³-hybridized carbons (Fsp3) is 0.500. The highest BCUT2D eigenvalue weighted by Gasteiger charge is 2.28. The largest absolute Gasteiger partial charge is 0.477 e. The molecule has 25 heavy (non-hydrogen) atoms. The van der Waals surface area contributed by atoms with Gasteiger partial charge in [-0.05, 0) is 32.3 Å². The van der Waals surface area contributed by atoms with Gasteiger partial charge in [-0.3, -0.25) is 9.59 Å². The summed E-state index contributed by atoms with van der Waals surface area (Å²) >= 11 is 0.997. The Bertz CT molecular complexity index is 888. The van der Waals surface area contributed by atoms with Crippen molar-refractivity contribution in [1.82, 2.24) is 9.66 Å². The van der Waals surface area contributed by atoms with Crippen molar-refractivity contribution < 1.29 is 19.4 Å². The van der Waals surface area contributed by atoms with E-state index in [9.17, 15) is 19.5 Å². The Balaban J connectivity index is 1.97. The first-order valence-corrected chi connectivity index (χ1v) is 8.91. The fourth-order valence-electron chi connectivity index (χ4n) is 3.13. The molecule has 9 heteroatoms. The molecular weight excluding hydrogens is 346 g/mol. The van der Waals surface area contributed by atoms with Gasteiger partial charge in [-0.2, -0.15) is 0 Å². The molecule has 0 aliphatic carbocycles. The van der Waals surface area contributed by atoms with Crippen LogP contribution < -0.4 is 10.6 Å². The highest BCUT2D eigenvalue weighted by atomic mass is 32.1. The predicted octanol–water partition coefficient (Wildman–Crippen LogP) is 1.38. The maximum Gasteiger partial charge on any atom is 0.346 e. The van der Waals surface area contributed by atoms with Gasteiger partial charge in [-0.25, -0.2) is 14.5 Å². The summed E-state index contributed by atoms with van der Waals surface area (Å²) in [5, 5.41) is 11.3. The number of esters is 1. The third-order valence-corrected chi connectivity index (χ3v) is 5.54. The molecule has 0 saturated carbocycles. The fourth-order valence-corrected chi connectivity index (χ4v) is 4.10. The van der Waals surface area contributed by atoms with Crippen molar-refractivity contribution in [2.45, 2.75) is 26.7 Å². The van der Waals surface area contributed by atoms with E-state index < -0.39 is 5.97 Å². The van der Waals surface area contributed by atoms with E-state index >= 15 is 0 Å². The summed E-state index contributed by atoms with van der Waals surface area (Å²) in [6, 6.07) is 0. The maximum absolute atomic E-state index is 12.9. The summed E-state index contributed by atoms with van der Waals surface area (Å²) in [6.45, 7) is 4.71. The van der Waals surface area contributed by atoms with Crippen LogP contribution in [0.3, 0.4) is 0 Å². The lowest BCUT2D eigenvalue weighted by Crippen LogP contribution is -2.49. The number of carbonyl (C=O) groups excluding carboxylic acids is 1. The quantitative estimate of drug-likeness (QED) is 0.817. The molecule has 0 bridgehead atoms. The van der Waals surface area contributed by atoms with Gasteiger partial charge in [-0.15, -0.1) is 11.3 Å². The van der Waals surface area contributed by atoms with Crippen LogP contribution in [0.25, 0.3) is 10.2 Å². The molecule has 1 fully saturated rings. The molecule has 1 aliphatic rings. The minimum absolute atomic E-state index is 0.125. The number of nitrogens with zero attached hydrogens (tertiary/aromatic N) is 3. The van der Waals surface area contributed by atoms with Crippen LogP contribution >= 0.6 is 11.3 Å². The number of carboxylic acid groups (broad SMARTS) is 1. The first kappa shape index (κ1) is 17.4. The van der Waals surface area contributed by atoms with Gasteiger partial charge in [0.25, 0.3) is 5.56 Å². The van der Waals surface area contributed by atoms with Crippen molar-refractivity contribution in [3.05, 3.63) is 27.1 Å². The lowest BCUT2D eigenvalue weighted by molar-refractivity contribution is -0.148. The molecule has 3 rings (SSSR count). The van der Waals surface area contributed by atoms with E-state index in [1.54, 1.807) is 18.9 Å². The lowest BCUT2D eigenvalue weighted by Gasteiger charge is -2.33. The molecule has 1 atom stereocenters. The monoisotopic (exact) mass is 365 g/mol. The van der Waals surface area contributed by atoms with Crippen LogP contribution in [-0.4, -0.2) is 46.4 Å². The van der Waals surface area contributed by atoms with Crippen molar-refractivity contribution >= 4 is 33.5 Å². The number of piperidine rings is 1. The Morgan fingerprint density at radius 3 is 2.92 bits per heavy atom. The molecule has 1 unspecified atom stereocenters. The van der Waals surface area contributed by atoms with Gasteiger partial charge in [0, 0.05) is 13.1 Å². The lowest BCUT2D eigenvalue weighted by atomic mass is 9.99. The second-order valence-corrected chi connectivity index (χ2v) is 6.94. The van der Waals surface area contributed by atoms with Gasteiger partial charge in [0.1, 0.15) is 16.0 Å². The standard InChI is InChI=1S/C16H19N3O5S/c1-3-24-16(23)10-5-4-6-18(7-10)19-8-17-13-11(14(19)20)9(2)12(25-13)15(21)22/h8,10H,3-7H2,1-2H3,(H,21,22). The number of ether oxygens (including phenoxy) is 1. The second kappa shape index (κ2) is 6.83. The number of aromatic carboxylic acids is 1. The number of rotatable bonds is 4. The zero-order valence-electron chi connectivity index (χ0n) is 14.0. The zero-order chi connectivity index (χ0) is 18.1. The summed E-state index contributed by atoms with van der Waals surface area (Å²) in [5.74, 6) is -1.60. The topological polar surface area (TPSA) is 102 Å². The number of aromatic nitrogens is 2. The Labute approximate surface area is 147 Å². The van der Waals surface area contributed by atoms with E-state index in [-0.39, 0.29) is 22.3 Å². The first-order valence-electron chi connectivity index (χ1n) is 8.10. The highest BCUT2D eigenvalue weighted by molar-refractivity contribution is 7.20. The number of aryl methyl sites for hydroxylation is 1. The average Bonchev–Trinajstić information content (AvgIpc) is 2.93. The van der Waals surface area contributed by atoms with Crippen LogP contribution in [0, 0.1) is 12.8 Å². The molecule has 1 saturated heterocycles. The molecule has 0 amide bonds. The molecule has 0 spiro atoms. The number of thiophene rings is 1. The molecule has 0 radical (unpaired) electrons. The number of carboxylic acids is 1. The zero-order valence-corrected chi connectivity index (χ0v) is 14.8. The van der Waals surface area contributed by atoms with Gasteiger partial charge < -0.3 is 14.9 Å². The number of carbonyl (C=O) groups is 2. The van der Waals surface area contributed by atoms with Crippen LogP contribution in [0.15, 0.2) is 11.1 Å². The average molecular weight is 365 g/mol.